The van der Waals surface area contributed by atoms with Gasteiger partial charge >= 0.3 is 0 Å². The van der Waals surface area contributed by atoms with Crippen molar-refractivity contribution < 1.29 is 9.63 Å². The van der Waals surface area contributed by atoms with Gasteiger partial charge < -0.3 is 5.32 Å². The molecule has 64 valence electrons. The van der Waals surface area contributed by atoms with Gasteiger partial charge in [0, 0.05) is 6.42 Å². The second-order valence-corrected chi connectivity index (χ2v) is 2.79. The highest BCUT2D eigenvalue weighted by Gasteiger charge is 2.17. The highest BCUT2D eigenvalue weighted by atomic mass is 16.6. The molecule has 0 bridgehead atoms. The maximum absolute atomic E-state index is 10.9. The zero-order valence-electron chi connectivity index (χ0n) is 6.72. The Kier molecular flexibility index (Phi) is 3.32. The molecule has 0 aromatic carbocycles. The Labute approximate surface area is 66.3 Å². The minimum atomic E-state index is -0.0267. The zero-order chi connectivity index (χ0) is 8.10. The van der Waals surface area contributed by atoms with Gasteiger partial charge in [-0.1, -0.05) is 0 Å². The van der Waals surface area contributed by atoms with Crippen LogP contribution in [0.2, 0.25) is 0 Å². The van der Waals surface area contributed by atoms with Crippen LogP contribution in [0.5, 0.6) is 0 Å². The lowest BCUT2D eigenvalue weighted by atomic mass is 10.1. The predicted molar refractivity (Wildman–Crippen MR) is 40.7 cm³/mol. The Balaban J connectivity index is 2.13. The second kappa shape index (κ2) is 4.31. The number of hydrogen-bond acceptors (Lipinski definition) is 3. The van der Waals surface area contributed by atoms with Crippen molar-refractivity contribution in [1.82, 2.24) is 10.8 Å². The SMILES string of the molecule is CONC(=O)CC1CCNC1. The van der Waals surface area contributed by atoms with Crippen molar-refractivity contribution in [2.24, 2.45) is 5.92 Å². The summed E-state index contributed by atoms with van der Waals surface area (Å²) in [4.78, 5) is 15.4. The molecular weight excluding hydrogens is 144 g/mol. The first-order valence-electron chi connectivity index (χ1n) is 3.85. The number of carbonyl (C=O) groups is 1. The molecular formula is C7H14N2O2. The van der Waals surface area contributed by atoms with Crippen molar-refractivity contribution in [2.45, 2.75) is 12.8 Å². The molecule has 0 aromatic heterocycles. The van der Waals surface area contributed by atoms with Crippen LogP contribution >= 0.6 is 0 Å². The van der Waals surface area contributed by atoms with Gasteiger partial charge in [0.25, 0.3) is 0 Å². The second-order valence-electron chi connectivity index (χ2n) is 2.79. The predicted octanol–water partition coefficient (Wildman–Crippen LogP) is -0.336. The van der Waals surface area contributed by atoms with E-state index in [-0.39, 0.29) is 5.91 Å². The van der Waals surface area contributed by atoms with Crippen LogP contribution in [0.3, 0.4) is 0 Å². The lowest BCUT2D eigenvalue weighted by Crippen LogP contribution is -2.25. The summed E-state index contributed by atoms with van der Waals surface area (Å²) in [7, 11) is 1.45. The average Bonchev–Trinajstić information content (AvgIpc) is 2.40. The van der Waals surface area contributed by atoms with E-state index in [9.17, 15) is 4.79 Å². The van der Waals surface area contributed by atoms with Crippen molar-refractivity contribution >= 4 is 5.91 Å². The van der Waals surface area contributed by atoms with E-state index < -0.39 is 0 Å². The largest absolute Gasteiger partial charge is 0.316 e. The Morgan fingerprint density at radius 2 is 2.64 bits per heavy atom. The summed E-state index contributed by atoms with van der Waals surface area (Å²) in [6.45, 7) is 1.99. The van der Waals surface area contributed by atoms with Gasteiger partial charge in [-0.2, -0.15) is 0 Å². The van der Waals surface area contributed by atoms with Gasteiger partial charge in [-0.05, 0) is 25.4 Å². The number of nitrogens with one attached hydrogen (secondary N) is 2. The van der Waals surface area contributed by atoms with Gasteiger partial charge in [0.15, 0.2) is 0 Å². The molecule has 1 amide bonds. The van der Waals surface area contributed by atoms with Crippen molar-refractivity contribution in [2.75, 3.05) is 20.2 Å². The third-order valence-corrected chi connectivity index (χ3v) is 1.85. The Morgan fingerprint density at radius 3 is 3.18 bits per heavy atom. The molecule has 1 aliphatic rings. The molecule has 1 aliphatic heterocycles. The molecule has 0 aromatic rings. The van der Waals surface area contributed by atoms with Crippen LogP contribution in [0, 0.1) is 5.92 Å². The number of hydroxylamine groups is 1. The minimum absolute atomic E-state index is 0.0267. The summed E-state index contributed by atoms with van der Waals surface area (Å²) in [6, 6.07) is 0. The fraction of sp³-hybridized carbons (Fsp3) is 0.857. The van der Waals surface area contributed by atoms with Gasteiger partial charge in [0.1, 0.15) is 0 Å². The van der Waals surface area contributed by atoms with Gasteiger partial charge in [0.05, 0.1) is 7.11 Å². The van der Waals surface area contributed by atoms with Crippen molar-refractivity contribution in [3.63, 3.8) is 0 Å². The molecule has 4 heteroatoms. The van der Waals surface area contributed by atoms with Crippen LogP contribution in [-0.2, 0) is 9.63 Å². The molecule has 1 saturated heterocycles. The molecule has 1 heterocycles. The number of carbonyl (C=O) groups excluding carboxylic acids is 1. The Hall–Kier alpha value is -0.610. The van der Waals surface area contributed by atoms with Gasteiger partial charge in [-0.3, -0.25) is 9.63 Å². The van der Waals surface area contributed by atoms with Crippen molar-refractivity contribution in [1.29, 1.82) is 0 Å². The summed E-state index contributed by atoms with van der Waals surface area (Å²) >= 11 is 0. The fourth-order valence-electron chi connectivity index (χ4n) is 1.31. The summed E-state index contributed by atoms with van der Waals surface area (Å²) in [5.41, 5.74) is 2.31. The van der Waals surface area contributed by atoms with Crippen molar-refractivity contribution in [3.8, 4) is 0 Å². The monoisotopic (exact) mass is 158 g/mol. The fourth-order valence-corrected chi connectivity index (χ4v) is 1.31. The molecule has 1 unspecified atom stereocenters. The molecule has 0 aliphatic carbocycles. The molecule has 2 N–H and O–H groups in total. The molecule has 0 spiro atoms. The molecule has 11 heavy (non-hydrogen) atoms. The third-order valence-electron chi connectivity index (χ3n) is 1.85. The maximum atomic E-state index is 10.9. The lowest BCUT2D eigenvalue weighted by Gasteiger charge is -2.06. The van der Waals surface area contributed by atoms with Crippen LogP contribution in [0.1, 0.15) is 12.8 Å². The van der Waals surface area contributed by atoms with E-state index in [0.29, 0.717) is 12.3 Å². The highest BCUT2D eigenvalue weighted by molar-refractivity contribution is 5.75. The highest BCUT2D eigenvalue weighted by Crippen LogP contribution is 2.11. The van der Waals surface area contributed by atoms with E-state index in [2.05, 4.69) is 15.6 Å². The van der Waals surface area contributed by atoms with E-state index in [4.69, 9.17) is 0 Å². The number of rotatable bonds is 3. The van der Waals surface area contributed by atoms with E-state index in [0.717, 1.165) is 19.5 Å². The van der Waals surface area contributed by atoms with E-state index >= 15 is 0 Å². The normalized spacial score (nSPS) is 23.5. The molecule has 1 atom stereocenters. The van der Waals surface area contributed by atoms with Crippen LogP contribution in [0.25, 0.3) is 0 Å². The molecule has 0 radical (unpaired) electrons. The lowest BCUT2D eigenvalue weighted by molar-refractivity contribution is -0.132. The maximum Gasteiger partial charge on any atom is 0.243 e. The molecule has 1 fully saturated rings. The molecule has 4 nitrogen and oxygen atoms in total. The van der Waals surface area contributed by atoms with Crippen LogP contribution in [0.15, 0.2) is 0 Å². The van der Waals surface area contributed by atoms with Gasteiger partial charge in [-0.25, -0.2) is 5.48 Å². The van der Waals surface area contributed by atoms with Crippen LogP contribution in [-0.4, -0.2) is 26.1 Å². The molecule has 1 rings (SSSR count). The Bertz CT molecular complexity index is 132. The van der Waals surface area contributed by atoms with Gasteiger partial charge in [0.2, 0.25) is 5.91 Å². The smallest absolute Gasteiger partial charge is 0.243 e. The van der Waals surface area contributed by atoms with E-state index in [1.165, 1.54) is 7.11 Å². The molecule has 0 saturated carbocycles. The minimum Gasteiger partial charge on any atom is -0.316 e. The van der Waals surface area contributed by atoms with E-state index in [1.54, 1.807) is 0 Å². The quantitative estimate of drug-likeness (QED) is 0.553. The summed E-state index contributed by atoms with van der Waals surface area (Å²) in [6.07, 6.45) is 1.66. The zero-order valence-corrected chi connectivity index (χ0v) is 6.72. The van der Waals surface area contributed by atoms with E-state index in [1.807, 2.05) is 0 Å². The topological polar surface area (TPSA) is 50.4 Å². The van der Waals surface area contributed by atoms with Gasteiger partial charge in [-0.15, -0.1) is 0 Å². The number of hydrogen-bond donors (Lipinski definition) is 2. The number of amides is 1. The average molecular weight is 158 g/mol. The summed E-state index contributed by atoms with van der Waals surface area (Å²) < 4.78 is 0. The first kappa shape index (κ1) is 8.49. The first-order chi connectivity index (χ1) is 5.33. The third kappa shape index (κ3) is 2.86. The Morgan fingerprint density at radius 1 is 1.82 bits per heavy atom. The van der Waals surface area contributed by atoms with Crippen molar-refractivity contribution in [3.05, 3.63) is 0 Å². The van der Waals surface area contributed by atoms with Crippen LogP contribution < -0.4 is 10.8 Å². The van der Waals surface area contributed by atoms with Crippen LogP contribution in [0.4, 0.5) is 0 Å². The first-order valence-corrected chi connectivity index (χ1v) is 3.85. The summed E-state index contributed by atoms with van der Waals surface area (Å²) in [5.74, 6) is 0.464. The standard InChI is InChI=1S/C7H14N2O2/c1-11-9-7(10)4-6-2-3-8-5-6/h6,8H,2-5H2,1H3,(H,9,10). The summed E-state index contributed by atoms with van der Waals surface area (Å²) in [5, 5.41) is 3.20.